The summed E-state index contributed by atoms with van der Waals surface area (Å²) in [6.45, 7) is 4.05. The summed E-state index contributed by atoms with van der Waals surface area (Å²) in [4.78, 5) is 11.9. The molecule has 0 aliphatic heterocycles. The number of Topliss-reactive ketones (excluding diaryl/α,β-unsaturated/α-hetero) is 1. The van der Waals surface area contributed by atoms with Crippen LogP contribution in [-0.4, -0.2) is 10.9 Å². The molecule has 2 rings (SSSR count). The largest absolute Gasteiger partial charge is 0.508 e. The van der Waals surface area contributed by atoms with Gasteiger partial charge < -0.3 is 5.11 Å². The number of aryl methyl sites for hydroxylation is 1. The average Bonchev–Trinajstić information content (AvgIpc) is 2.45. The Morgan fingerprint density at radius 2 is 1.95 bits per heavy atom. The Balaban J connectivity index is 2.37. The third-order valence-corrected chi connectivity index (χ3v) is 3.70. The van der Waals surface area contributed by atoms with Crippen molar-refractivity contribution in [3.05, 3.63) is 40.5 Å². The van der Waals surface area contributed by atoms with E-state index in [1.165, 1.54) is 0 Å². The van der Waals surface area contributed by atoms with E-state index < -0.39 is 0 Å². The number of hydrogen-bond donors (Lipinski definition) is 1. The maximum atomic E-state index is 11.9. The fourth-order valence-electron chi connectivity index (χ4n) is 2.58. The smallest absolute Gasteiger partial charge is 0.159 e. The van der Waals surface area contributed by atoms with Crippen LogP contribution in [0.2, 0.25) is 0 Å². The van der Waals surface area contributed by atoms with Gasteiger partial charge in [-0.3, -0.25) is 4.79 Å². The minimum atomic E-state index is 0.254. The molecule has 0 spiro atoms. The highest BCUT2D eigenvalue weighted by Crippen LogP contribution is 2.24. The van der Waals surface area contributed by atoms with Gasteiger partial charge in [-0.2, -0.15) is 0 Å². The Kier molecular flexibility index (Phi) is 4.63. The van der Waals surface area contributed by atoms with Crippen molar-refractivity contribution in [2.75, 3.05) is 0 Å². The molecule has 1 N–H and O–H groups in total. The SMILES string of the molecule is CCC1=C(C#Cc2ccc(O)cc2CC)CCCC1=O. The highest BCUT2D eigenvalue weighted by molar-refractivity contribution is 5.97. The van der Waals surface area contributed by atoms with E-state index in [1.807, 2.05) is 19.9 Å². The molecule has 2 nitrogen and oxygen atoms in total. The normalized spacial score (nSPS) is 15.0. The van der Waals surface area contributed by atoms with Crippen LogP contribution in [0.25, 0.3) is 0 Å². The van der Waals surface area contributed by atoms with E-state index in [1.54, 1.807) is 12.1 Å². The van der Waals surface area contributed by atoms with Gasteiger partial charge in [-0.05, 0) is 49.4 Å². The van der Waals surface area contributed by atoms with Gasteiger partial charge in [0.15, 0.2) is 5.78 Å². The number of hydrogen-bond acceptors (Lipinski definition) is 2. The van der Waals surface area contributed by atoms with Crippen molar-refractivity contribution in [2.45, 2.75) is 46.0 Å². The number of aromatic hydroxyl groups is 1. The fraction of sp³-hybridized carbons (Fsp3) is 0.389. The first kappa shape index (κ1) is 14.4. The number of allylic oxidation sites excluding steroid dienone is 2. The van der Waals surface area contributed by atoms with Gasteiger partial charge in [0, 0.05) is 23.1 Å². The highest BCUT2D eigenvalue weighted by Gasteiger charge is 2.17. The Morgan fingerprint density at radius 3 is 2.65 bits per heavy atom. The molecule has 1 aromatic carbocycles. The molecule has 0 heterocycles. The number of carbonyl (C=O) groups is 1. The minimum Gasteiger partial charge on any atom is -0.508 e. The molecule has 1 aliphatic carbocycles. The molecule has 0 saturated heterocycles. The molecule has 0 amide bonds. The number of rotatable bonds is 2. The lowest BCUT2D eigenvalue weighted by molar-refractivity contribution is -0.116. The van der Waals surface area contributed by atoms with E-state index in [2.05, 4.69) is 11.8 Å². The fourth-order valence-corrected chi connectivity index (χ4v) is 2.58. The molecule has 0 radical (unpaired) electrons. The van der Waals surface area contributed by atoms with Crippen LogP contribution >= 0.6 is 0 Å². The van der Waals surface area contributed by atoms with Crippen molar-refractivity contribution >= 4 is 5.78 Å². The summed E-state index contributed by atoms with van der Waals surface area (Å²) in [5.41, 5.74) is 3.88. The van der Waals surface area contributed by atoms with Crippen molar-refractivity contribution in [3.63, 3.8) is 0 Å². The number of carbonyl (C=O) groups excluding carboxylic acids is 1. The quantitative estimate of drug-likeness (QED) is 0.829. The van der Waals surface area contributed by atoms with Crippen LogP contribution < -0.4 is 0 Å². The number of phenols is 1. The van der Waals surface area contributed by atoms with E-state index in [0.717, 1.165) is 48.0 Å². The first-order valence-electron chi connectivity index (χ1n) is 7.24. The third-order valence-electron chi connectivity index (χ3n) is 3.70. The maximum Gasteiger partial charge on any atom is 0.159 e. The first-order valence-corrected chi connectivity index (χ1v) is 7.24. The molecule has 0 unspecified atom stereocenters. The van der Waals surface area contributed by atoms with Crippen LogP contribution in [0.1, 0.15) is 50.7 Å². The highest BCUT2D eigenvalue weighted by atomic mass is 16.3. The van der Waals surface area contributed by atoms with Crippen LogP contribution in [-0.2, 0) is 11.2 Å². The molecule has 1 aromatic rings. The van der Waals surface area contributed by atoms with Gasteiger partial charge in [-0.1, -0.05) is 25.7 Å². The third kappa shape index (κ3) is 3.11. The van der Waals surface area contributed by atoms with Crippen LogP contribution in [0.15, 0.2) is 29.3 Å². The van der Waals surface area contributed by atoms with Crippen molar-refractivity contribution in [1.29, 1.82) is 0 Å². The van der Waals surface area contributed by atoms with Gasteiger partial charge in [-0.15, -0.1) is 0 Å². The summed E-state index contributed by atoms with van der Waals surface area (Å²) in [5, 5.41) is 9.50. The van der Waals surface area contributed by atoms with Crippen molar-refractivity contribution in [2.24, 2.45) is 0 Å². The van der Waals surface area contributed by atoms with E-state index in [4.69, 9.17) is 0 Å². The molecule has 2 heteroatoms. The zero-order chi connectivity index (χ0) is 14.5. The van der Waals surface area contributed by atoms with Crippen molar-refractivity contribution in [1.82, 2.24) is 0 Å². The van der Waals surface area contributed by atoms with Gasteiger partial charge in [0.2, 0.25) is 0 Å². The summed E-state index contributed by atoms with van der Waals surface area (Å²) in [5.74, 6) is 6.89. The van der Waals surface area contributed by atoms with Gasteiger partial charge in [0.05, 0.1) is 0 Å². The molecule has 0 saturated carbocycles. The van der Waals surface area contributed by atoms with Crippen LogP contribution in [0.3, 0.4) is 0 Å². The molecule has 0 atom stereocenters. The Bertz CT molecular complexity index is 612. The second kappa shape index (κ2) is 6.43. The van der Waals surface area contributed by atoms with Crippen LogP contribution in [0.5, 0.6) is 5.75 Å². The maximum absolute atomic E-state index is 11.9. The standard InChI is InChI=1S/C18H20O2/c1-3-13-12-16(19)11-10-14(13)8-9-15-6-5-7-18(20)17(15)4-2/h10-12,19H,3-7H2,1-2H3. The lowest BCUT2D eigenvalue weighted by atomic mass is 9.89. The monoisotopic (exact) mass is 268 g/mol. The lowest BCUT2D eigenvalue weighted by Gasteiger charge is -2.14. The summed E-state index contributed by atoms with van der Waals surface area (Å²) in [6, 6.07) is 5.26. The van der Waals surface area contributed by atoms with E-state index in [-0.39, 0.29) is 11.5 Å². The average molecular weight is 268 g/mol. The molecule has 20 heavy (non-hydrogen) atoms. The number of phenolic OH excluding ortho intramolecular Hbond substituents is 1. The van der Waals surface area contributed by atoms with Crippen LogP contribution in [0.4, 0.5) is 0 Å². The minimum absolute atomic E-state index is 0.254. The Hall–Kier alpha value is -2.01. The predicted octanol–water partition coefficient (Wildman–Crippen LogP) is 3.77. The predicted molar refractivity (Wildman–Crippen MR) is 80.5 cm³/mol. The molecular weight excluding hydrogens is 248 g/mol. The number of ketones is 1. The Labute approximate surface area is 120 Å². The molecule has 0 fully saturated rings. The molecule has 1 aliphatic rings. The van der Waals surface area contributed by atoms with E-state index in [0.29, 0.717) is 6.42 Å². The second-order valence-corrected chi connectivity index (χ2v) is 5.03. The molecule has 0 bridgehead atoms. The Morgan fingerprint density at radius 1 is 1.15 bits per heavy atom. The molecule has 104 valence electrons. The number of benzene rings is 1. The van der Waals surface area contributed by atoms with Crippen LogP contribution in [0, 0.1) is 11.8 Å². The van der Waals surface area contributed by atoms with Gasteiger partial charge in [0.1, 0.15) is 5.75 Å². The first-order chi connectivity index (χ1) is 9.65. The lowest BCUT2D eigenvalue weighted by Crippen LogP contribution is -2.10. The zero-order valence-corrected chi connectivity index (χ0v) is 12.1. The van der Waals surface area contributed by atoms with Gasteiger partial charge >= 0.3 is 0 Å². The summed E-state index contributed by atoms with van der Waals surface area (Å²) >= 11 is 0. The van der Waals surface area contributed by atoms with Gasteiger partial charge in [-0.25, -0.2) is 0 Å². The van der Waals surface area contributed by atoms with Gasteiger partial charge in [0.25, 0.3) is 0 Å². The second-order valence-electron chi connectivity index (χ2n) is 5.03. The summed E-state index contributed by atoms with van der Waals surface area (Å²) < 4.78 is 0. The summed E-state index contributed by atoms with van der Waals surface area (Å²) in [7, 11) is 0. The van der Waals surface area contributed by atoms with E-state index >= 15 is 0 Å². The topological polar surface area (TPSA) is 37.3 Å². The summed E-state index contributed by atoms with van der Waals surface area (Å²) in [6.07, 6.45) is 4.06. The molecular formula is C18H20O2. The zero-order valence-electron chi connectivity index (χ0n) is 12.1. The van der Waals surface area contributed by atoms with Crippen molar-refractivity contribution in [3.8, 4) is 17.6 Å². The van der Waals surface area contributed by atoms with E-state index in [9.17, 15) is 9.90 Å². The molecule has 0 aromatic heterocycles. The van der Waals surface area contributed by atoms with Crippen molar-refractivity contribution < 1.29 is 9.90 Å².